The number of alkyl halides is 3. The lowest BCUT2D eigenvalue weighted by atomic mass is 10.0. The fourth-order valence-electron chi connectivity index (χ4n) is 3.15. The maximum atomic E-state index is 13.7. The predicted molar refractivity (Wildman–Crippen MR) is 102 cm³/mol. The number of carbonyl (C=O) groups excluding carboxylic acids is 2. The molecule has 156 valence electrons. The summed E-state index contributed by atoms with van der Waals surface area (Å²) in [5.74, 6) is -1.34. The van der Waals surface area contributed by atoms with Gasteiger partial charge in [-0.25, -0.2) is 4.79 Å². The number of amides is 2. The zero-order valence-corrected chi connectivity index (χ0v) is 17.8. The maximum absolute atomic E-state index is 13.7. The summed E-state index contributed by atoms with van der Waals surface area (Å²) in [6.45, 7) is 5.49. The number of rotatable bonds is 3. The Morgan fingerprint density at radius 3 is 2.29 bits per heavy atom. The zero-order valence-electron chi connectivity index (χ0n) is 16.2. The van der Waals surface area contributed by atoms with Crippen molar-refractivity contribution in [3.8, 4) is 0 Å². The fourth-order valence-corrected chi connectivity index (χ4v) is 3.41. The highest BCUT2D eigenvalue weighted by atomic mass is 79.9. The first-order valence-corrected chi connectivity index (χ1v) is 9.65. The molecule has 0 aromatic heterocycles. The lowest BCUT2D eigenvalue weighted by Crippen LogP contribution is -2.43. The van der Waals surface area contributed by atoms with Gasteiger partial charge in [0.2, 0.25) is 5.91 Å². The maximum Gasteiger partial charge on any atom is 0.413 e. The number of halogens is 4. The van der Waals surface area contributed by atoms with Crippen molar-refractivity contribution in [3.05, 3.63) is 34.3 Å². The molecular formula is C19H24BrF3N2O3. The number of carbonyl (C=O) groups is 2. The largest absolute Gasteiger partial charge is 0.444 e. The first-order chi connectivity index (χ1) is 12.8. The van der Waals surface area contributed by atoms with E-state index in [1.807, 2.05) is 0 Å². The van der Waals surface area contributed by atoms with E-state index in [-0.39, 0.29) is 18.7 Å². The number of likely N-dealkylation sites (tertiary alicyclic amines) is 1. The van der Waals surface area contributed by atoms with Crippen LogP contribution >= 0.6 is 15.9 Å². The number of ether oxygens (including phenoxy) is 1. The van der Waals surface area contributed by atoms with Crippen LogP contribution in [0.25, 0.3) is 0 Å². The van der Waals surface area contributed by atoms with Gasteiger partial charge in [0.15, 0.2) is 6.04 Å². The topological polar surface area (TPSA) is 49.9 Å². The van der Waals surface area contributed by atoms with Crippen LogP contribution < -0.4 is 0 Å². The number of hydrogen-bond acceptors (Lipinski definition) is 3. The van der Waals surface area contributed by atoms with Crippen LogP contribution in [0.1, 0.15) is 38.8 Å². The molecule has 1 aliphatic rings. The smallest absolute Gasteiger partial charge is 0.413 e. The van der Waals surface area contributed by atoms with Crippen LogP contribution in [0.5, 0.6) is 0 Å². The molecule has 0 radical (unpaired) electrons. The van der Waals surface area contributed by atoms with Crippen molar-refractivity contribution < 1.29 is 27.5 Å². The van der Waals surface area contributed by atoms with Gasteiger partial charge in [-0.2, -0.15) is 13.2 Å². The molecule has 1 aromatic rings. The first-order valence-electron chi connectivity index (χ1n) is 8.86. The Labute approximate surface area is 170 Å². The van der Waals surface area contributed by atoms with Gasteiger partial charge in [-0.05, 0) is 44.9 Å². The first kappa shape index (κ1) is 22.5. The van der Waals surface area contributed by atoms with Crippen LogP contribution in [-0.2, 0) is 9.53 Å². The van der Waals surface area contributed by atoms with Crippen molar-refractivity contribution in [2.24, 2.45) is 5.92 Å². The Hall–Kier alpha value is -1.77. The van der Waals surface area contributed by atoms with Crippen molar-refractivity contribution in [1.82, 2.24) is 9.80 Å². The van der Waals surface area contributed by atoms with Crippen LogP contribution in [0, 0.1) is 5.92 Å². The third kappa shape index (κ3) is 5.62. The third-order valence-corrected chi connectivity index (χ3v) is 4.95. The summed E-state index contributed by atoms with van der Waals surface area (Å²) < 4.78 is 47.0. The SMILES string of the molecule is CN(C(=O)C1CCN(C(=O)OC(C)(C)C)C1)[C@@H](c1ccc(Br)cc1)C(F)(F)F. The van der Waals surface area contributed by atoms with Crippen molar-refractivity contribution >= 4 is 27.9 Å². The molecule has 1 saturated heterocycles. The van der Waals surface area contributed by atoms with Crippen LogP contribution in [0.3, 0.4) is 0 Å². The summed E-state index contributed by atoms with van der Waals surface area (Å²) >= 11 is 3.19. The van der Waals surface area contributed by atoms with E-state index < -0.39 is 35.7 Å². The number of nitrogens with zero attached hydrogens (tertiary/aromatic N) is 2. The van der Waals surface area contributed by atoms with E-state index in [0.717, 1.165) is 11.9 Å². The fraction of sp³-hybridized carbons (Fsp3) is 0.579. The average molecular weight is 465 g/mol. The van der Waals surface area contributed by atoms with E-state index in [9.17, 15) is 22.8 Å². The minimum atomic E-state index is -4.62. The van der Waals surface area contributed by atoms with Crippen molar-refractivity contribution in [2.75, 3.05) is 20.1 Å². The van der Waals surface area contributed by atoms with Crippen molar-refractivity contribution in [3.63, 3.8) is 0 Å². The van der Waals surface area contributed by atoms with Gasteiger partial charge >= 0.3 is 12.3 Å². The van der Waals surface area contributed by atoms with Crippen LogP contribution in [-0.4, -0.2) is 53.7 Å². The Kier molecular flexibility index (Phi) is 6.68. The molecule has 2 rings (SSSR count). The van der Waals surface area contributed by atoms with Crippen LogP contribution in [0.4, 0.5) is 18.0 Å². The summed E-state index contributed by atoms with van der Waals surface area (Å²) in [6, 6.07) is 3.64. The second-order valence-electron chi connectivity index (χ2n) is 7.86. The van der Waals surface area contributed by atoms with Gasteiger partial charge in [0, 0.05) is 24.6 Å². The molecule has 5 nitrogen and oxygen atoms in total. The predicted octanol–water partition coefficient (Wildman–Crippen LogP) is 4.77. The summed E-state index contributed by atoms with van der Waals surface area (Å²) in [7, 11) is 1.15. The standard InChI is InChI=1S/C19H24BrF3N2O3/c1-18(2,3)28-17(27)25-10-9-13(11-25)16(26)24(4)15(19(21,22)23)12-5-7-14(20)8-6-12/h5-8,13,15H,9-11H2,1-4H3/t13?,15-/m0/s1. The van der Waals surface area contributed by atoms with E-state index in [2.05, 4.69) is 15.9 Å². The van der Waals surface area contributed by atoms with Gasteiger partial charge < -0.3 is 14.5 Å². The summed E-state index contributed by atoms with van der Waals surface area (Å²) in [4.78, 5) is 27.0. The minimum absolute atomic E-state index is 0.0199. The summed E-state index contributed by atoms with van der Waals surface area (Å²) in [5.41, 5.74) is -0.701. The molecule has 1 unspecified atom stereocenters. The van der Waals surface area contributed by atoms with E-state index in [1.54, 1.807) is 20.8 Å². The molecule has 2 amide bonds. The molecule has 2 atom stereocenters. The summed E-state index contributed by atoms with van der Waals surface area (Å²) in [6.07, 6.45) is -4.89. The molecule has 28 heavy (non-hydrogen) atoms. The molecule has 1 heterocycles. The molecule has 1 aromatic carbocycles. The van der Waals surface area contributed by atoms with Gasteiger partial charge in [0.05, 0.1) is 5.92 Å². The van der Waals surface area contributed by atoms with Gasteiger partial charge in [-0.3, -0.25) is 4.79 Å². The lowest BCUT2D eigenvalue weighted by Gasteiger charge is -2.32. The molecule has 0 spiro atoms. The Balaban J connectivity index is 2.13. The monoisotopic (exact) mass is 464 g/mol. The minimum Gasteiger partial charge on any atom is -0.444 e. The summed E-state index contributed by atoms with van der Waals surface area (Å²) in [5, 5.41) is 0. The second kappa shape index (κ2) is 8.31. The molecule has 1 aliphatic heterocycles. The normalized spacial score (nSPS) is 18.7. The van der Waals surface area contributed by atoms with E-state index in [0.29, 0.717) is 10.9 Å². The van der Waals surface area contributed by atoms with Crippen LogP contribution in [0.2, 0.25) is 0 Å². The molecule has 0 saturated carbocycles. The van der Waals surface area contributed by atoms with Crippen molar-refractivity contribution in [2.45, 2.75) is 45.0 Å². The van der Waals surface area contributed by atoms with Gasteiger partial charge in [0.25, 0.3) is 0 Å². The molecule has 0 bridgehead atoms. The third-order valence-electron chi connectivity index (χ3n) is 4.42. The molecule has 1 fully saturated rings. The highest BCUT2D eigenvalue weighted by Gasteiger charge is 2.47. The molecular weight excluding hydrogens is 441 g/mol. The number of hydrogen-bond donors (Lipinski definition) is 0. The van der Waals surface area contributed by atoms with E-state index in [4.69, 9.17) is 4.74 Å². The Morgan fingerprint density at radius 2 is 1.79 bits per heavy atom. The lowest BCUT2D eigenvalue weighted by molar-refractivity contribution is -0.190. The molecule has 0 N–H and O–H groups in total. The Morgan fingerprint density at radius 1 is 1.21 bits per heavy atom. The quantitative estimate of drug-likeness (QED) is 0.647. The van der Waals surface area contributed by atoms with Crippen LogP contribution in [0.15, 0.2) is 28.7 Å². The highest BCUT2D eigenvalue weighted by Crippen LogP contribution is 2.38. The Bertz CT molecular complexity index is 717. The zero-order chi connectivity index (χ0) is 21.3. The van der Waals surface area contributed by atoms with Gasteiger partial charge in [-0.15, -0.1) is 0 Å². The van der Waals surface area contributed by atoms with E-state index >= 15 is 0 Å². The van der Waals surface area contributed by atoms with Gasteiger partial charge in [0.1, 0.15) is 5.60 Å². The van der Waals surface area contributed by atoms with Crippen molar-refractivity contribution in [1.29, 1.82) is 0 Å². The van der Waals surface area contributed by atoms with Gasteiger partial charge in [-0.1, -0.05) is 28.1 Å². The highest BCUT2D eigenvalue weighted by molar-refractivity contribution is 9.10. The average Bonchev–Trinajstić information content (AvgIpc) is 3.03. The molecule has 9 heteroatoms. The molecule has 0 aliphatic carbocycles. The second-order valence-corrected chi connectivity index (χ2v) is 8.77. The number of benzene rings is 1. The van der Waals surface area contributed by atoms with E-state index in [1.165, 1.54) is 29.2 Å².